The summed E-state index contributed by atoms with van der Waals surface area (Å²) in [5.74, 6) is -0.348. The second kappa shape index (κ2) is 7.53. The maximum Gasteiger partial charge on any atom is 0.293 e. The molecule has 104 valence electrons. The molecule has 0 spiro atoms. The topological polar surface area (TPSA) is 75.3 Å². The van der Waals surface area contributed by atoms with E-state index in [0.29, 0.717) is 0 Å². The number of rotatable bonds is 5. The quantitative estimate of drug-likeness (QED) is 0.374. The van der Waals surface area contributed by atoms with Gasteiger partial charge in [0.2, 0.25) is 5.91 Å². The molecule has 0 aliphatic carbocycles. The van der Waals surface area contributed by atoms with Gasteiger partial charge in [-0.05, 0) is 18.2 Å². The summed E-state index contributed by atoms with van der Waals surface area (Å²) in [5, 5.41) is 4.90. The van der Waals surface area contributed by atoms with Crippen LogP contribution in [0.1, 0.15) is 10.4 Å². The first-order chi connectivity index (χ1) is 9.49. The van der Waals surface area contributed by atoms with E-state index in [2.05, 4.69) is 16.6 Å². The molecule has 0 fully saturated rings. The maximum absolute atomic E-state index is 12.0. The van der Waals surface area contributed by atoms with Gasteiger partial charge in [0.25, 0.3) is 11.7 Å². The third-order valence-electron chi connectivity index (χ3n) is 2.18. The molecule has 2 N–H and O–H groups in total. The van der Waals surface area contributed by atoms with E-state index in [1.54, 1.807) is 0 Å². The zero-order valence-electron chi connectivity index (χ0n) is 10.2. The van der Waals surface area contributed by atoms with Gasteiger partial charge >= 0.3 is 0 Å². The average molecular weight is 313 g/mol. The Balaban J connectivity index is 3.05. The summed E-state index contributed by atoms with van der Waals surface area (Å²) in [6.45, 7) is -0.0749. The van der Waals surface area contributed by atoms with Crippen LogP contribution in [0.25, 0.3) is 0 Å². The summed E-state index contributed by atoms with van der Waals surface area (Å²) >= 11 is 11.2. The Morgan fingerprint density at radius 3 is 2.60 bits per heavy atom. The van der Waals surface area contributed by atoms with Gasteiger partial charge < -0.3 is 10.6 Å². The van der Waals surface area contributed by atoms with Crippen molar-refractivity contribution in [2.24, 2.45) is 0 Å². The molecule has 2 amide bonds. The fourth-order valence-corrected chi connectivity index (χ4v) is 1.57. The van der Waals surface area contributed by atoms with E-state index >= 15 is 0 Å². The van der Waals surface area contributed by atoms with E-state index in [-0.39, 0.29) is 28.7 Å². The highest BCUT2D eigenvalue weighted by Crippen LogP contribution is 2.21. The highest BCUT2D eigenvalue weighted by molar-refractivity contribution is 6.45. The van der Waals surface area contributed by atoms with Crippen LogP contribution in [0.15, 0.2) is 18.2 Å². The molecule has 7 heteroatoms. The van der Waals surface area contributed by atoms with Crippen molar-refractivity contribution in [2.75, 3.05) is 17.7 Å². The molecule has 1 aromatic carbocycles. The number of ketones is 1. The largest absolute Gasteiger partial charge is 0.338 e. The average Bonchev–Trinajstić information content (AvgIpc) is 2.45. The van der Waals surface area contributed by atoms with E-state index in [1.165, 1.54) is 18.2 Å². The molecule has 5 nitrogen and oxygen atoms in total. The number of alkyl halides is 1. The number of terminal acetylenes is 1. The number of halogens is 2. The van der Waals surface area contributed by atoms with Gasteiger partial charge in [-0.2, -0.15) is 0 Å². The molecule has 1 rings (SSSR count). The van der Waals surface area contributed by atoms with Gasteiger partial charge in [0, 0.05) is 5.02 Å². The smallest absolute Gasteiger partial charge is 0.293 e. The minimum Gasteiger partial charge on any atom is -0.338 e. The fraction of sp³-hybridized carbons (Fsp3) is 0.154. The predicted molar refractivity (Wildman–Crippen MR) is 77.0 cm³/mol. The van der Waals surface area contributed by atoms with Gasteiger partial charge in [-0.25, -0.2) is 0 Å². The number of Topliss-reactive ketones (excluding diaryl/α,β-unsaturated/α-hetero) is 1. The monoisotopic (exact) mass is 312 g/mol. The zero-order chi connectivity index (χ0) is 15.1. The Labute approximate surface area is 125 Å². The van der Waals surface area contributed by atoms with Crippen LogP contribution in [0.3, 0.4) is 0 Å². The van der Waals surface area contributed by atoms with Crippen molar-refractivity contribution >= 4 is 46.5 Å². The van der Waals surface area contributed by atoms with Crippen LogP contribution in [0.2, 0.25) is 5.02 Å². The van der Waals surface area contributed by atoms with Crippen molar-refractivity contribution in [3.63, 3.8) is 0 Å². The van der Waals surface area contributed by atoms with E-state index in [9.17, 15) is 14.4 Å². The van der Waals surface area contributed by atoms with E-state index < -0.39 is 17.6 Å². The molecule has 0 saturated heterocycles. The lowest BCUT2D eigenvalue weighted by Crippen LogP contribution is -2.32. The zero-order valence-corrected chi connectivity index (χ0v) is 11.7. The molecule has 0 heterocycles. The summed E-state index contributed by atoms with van der Waals surface area (Å²) < 4.78 is 0. The first-order valence-electron chi connectivity index (χ1n) is 5.41. The molecule has 0 atom stereocenters. The van der Waals surface area contributed by atoms with Crippen molar-refractivity contribution < 1.29 is 14.4 Å². The summed E-state index contributed by atoms with van der Waals surface area (Å²) in [6.07, 6.45) is 4.98. The number of hydrogen-bond acceptors (Lipinski definition) is 3. The Morgan fingerprint density at radius 2 is 2.00 bits per heavy atom. The molecular formula is C13H10Cl2N2O3. The molecule has 0 aromatic heterocycles. The summed E-state index contributed by atoms with van der Waals surface area (Å²) in [4.78, 5) is 34.8. The van der Waals surface area contributed by atoms with Crippen molar-refractivity contribution in [1.82, 2.24) is 5.32 Å². The van der Waals surface area contributed by atoms with E-state index in [0.717, 1.165) is 0 Å². The molecule has 1 aromatic rings. The Kier molecular flexibility index (Phi) is 6.04. The van der Waals surface area contributed by atoms with Crippen LogP contribution in [0, 0.1) is 12.3 Å². The van der Waals surface area contributed by atoms with Crippen LogP contribution in [0.5, 0.6) is 0 Å². The van der Waals surface area contributed by atoms with Gasteiger partial charge in [-0.1, -0.05) is 17.5 Å². The first-order valence-corrected chi connectivity index (χ1v) is 6.32. The van der Waals surface area contributed by atoms with Crippen molar-refractivity contribution in [3.8, 4) is 12.3 Å². The second-order valence-electron chi connectivity index (χ2n) is 3.59. The van der Waals surface area contributed by atoms with Crippen molar-refractivity contribution in [1.29, 1.82) is 0 Å². The van der Waals surface area contributed by atoms with Crippen molar-refractivity contribution in [3.05, 3.63) is 28.8 Å². The maximum atomic E-state index is 12.0. The summed E-state index contributed by atoms with van der Waals surface area (Å²) in [7, 11) is 0. The molecule has 0 bridgehead atoms. The van der Waals surface area contributed by atoms with E-state index in [4.69, 9.17) is 29.6 Å². The van der Waals surface area contributed by atoms with Crippen molar-refractivity contribution in [2.45, 2.75) is 0 Å². The minimum absolute atomic E-state index is 0.0366. The van der Waals surface area contributed by atoms with Gasteiger partial charge in [-0.15, -0.1) is 18.0 Å². The highest BCUT2D eigenvalue weighted by Gasteiger charge is 2.20. The number of benzene rings is 1. The number of carbonyl (C=O) groups is 3. The Morgan fingerprint density at radius 1 is 1.30 bits per heavy atom. The first kappa shape index (κ1) is 16.0. The van der Waals surface area contributed by atoms with Crippen LogP contribution < -0.4 is 10.6 Å². The lowest BCUT2D eigenvalue weighted by Gasteiger charge is -2.09. The van der Waals surface area contributed by atoms with Crippen LogP contribution >= 0.6 is 23.2 Å². The lowest BCUT2D eigenvalue weighted by atomic mass is 10.1. The number of anilines is 1. The molecule has 20 heavy (non-hydrogen) atoms. The van der Waals surface area contributed by atoms with E-state index in [1.807, 2.05) is 0 Å². The standard InChI is InChI=1S/C13H10Cl2N2O3/c1-2-5-16-13(20)12(19)9-6-8(15)3-4-10(9)17-11(18)7-14/h1,3-4,6H,5,7H2,(H,16,20)(H,17,18). The van der Waals surface area contributed by atoms with Gasteiger partial charge in [0.1, 0.15) is 5.88 Å². The van der Waals surface area contributed by atoms with Crippen LogP contribution in [-0.4, -0.2) is 30.0 Å². The third-order valence-corrected chi connectivity index (χ3v) is 2.66. The Hall–Kier alpha value is -2.03. The number of nitrogens with one attached hydrogen (secondary N) is 2. The fourth-order valence-electron chi connectivity index (χ4n) is 1.33. The minimum atomic E-state index is -0.883. The molecule has 0 aliphatic heterocycles. The third kappa shape index (κ3) is 4.26. The summed E-state index contributed by atoms with van der Waals surface area (Å²) in [5.41, 5.74) is 0.117. The Bertz CT molecular complexity index is 594. The molecule has 0 aliphatic rings. The highest BCUT2D eigenvalue weighted by atomic mass is 35.5. The van der Waals surface area contributed by atoms with Crippen LogP contribution in [0.4, 0.5) is 5.69 Å². The lowest BCUT2D eigenvalue weighted by molar-refractivity contribution is -0.117. The molecule has 0 unspecified atom stereocenters. The van der Waals surface area contributed by atoms with Gasteiger partial charge in [0.05, 0.1) is 17.8 Å². The normalized spacial score (nSPS) is 9.45. The SMILES string of the molecule is C#CCNC(=O)C(=O)c1cc(Cl)ccc1NC(=O)CCl. The second-order valence-corrected chi connectivity index (χ2v) is 4.29. The number of amides is 2. The number of hydrogen-bond donors (Lipinski definition) is 2. The number of carbonyl (C=O) groups excluding carboxylic acids is 3. The van der Waals surface area contributed by atoms with Crippen LogP contribution in [-0.2, 0) is 9.59 Å². The predicted octanol–water partition coefficient (Wildman–Crippen LogP) is 1.45. The van der Waals surface area contributed by atoms with Gasteiger partial charge in [0.15, 0.2) is 0 Å². The molecular weight excluding hydrogens is 303 g/mol. The molecule has 0 radical (unpaired) electrons. The molecule has 0 saturated carbocycles. The summed E-state index contributed by atoms with van der Waals surface area (Å²) in [6, 6.07) is 4.17. The van der Waals surface area contributed by atoms with Gasteiger partial charge in [-0.3, -0.25) is 14.4 Å².